The van der Waals surface area contributed by atoms with Crippen LogP contribution in [-0.4, -0.2) is 18.5 Å². The lowest BCUT2D eigenvalue weighted by molar-refractivity contribution is -0.135. The SMILES string of the molecule is C=CC(=O)OC1=CC=C(OCC2=CC=C(OC(=O)C(=C)C)CC2)CC1. The molecule has 2 aliphatic carbocycles. The molecule has 0 N–H and O–H groups in total. The summed E-state index contributed by atoms with van der Waals surface area (Å²) in [5, 5.41) is 0. The largest absolute Gasteiger partial charge is 0.494 e. The summed E-state index contributed by atoms with van der Waals surface area (Å²) < 4.78 is 16.1. The number of ether oxygens (including phenoxy) is 3. The van der Waals surface area contributed by atoms with Crippen LogP contribution in [0.3, 0.4) is 0 Å². The molecule has 5 heteroatoms. The Labute approximate surface area is 147 Å². The Morgan fingerprint density at radius 1 is 1.00 bits per heavy atom. The molecule has 0 aromatic rings. The molecule has 0 unspecified atom stereocenters. The van der Waals surface area contributed by atoms with E-state index in [1.54, 1.807) is 19.1 Å². The summed E-state index contributed by atoms with van der Waals surface area (Å²) in [4.78, 5) is 22.6. The summed E-state index contributed by atoms with van der Waals surface area (Å²) in [6.07, 6.45) is 11.1. The molecule has 0 fully saturated rings. The minimum atomic E-state index is -0.452. The number of hydrogen-bond donors (Lipinski definition) is 0. The first kappa shape index (κ1) is 18.5. The van der Waals surface area contributed by atoms with Crippen molar-refractivity contribution in [2.75, 3.05) is 6.61 Å². The second kappa shape index (κ2) is 8.87. The summed E-state index contributed by atoms with van der Waals surface area (Å²) >= 11 is 0. The van der Waals surface area contributed by atoms with E-state index in [4.69, 9.17) is 14.2 Å². The van der Waals surface area contributed by atoms with Crippen LogP contribution in [0.5, 0.6) is 0 Å². The number of hydrogen-bond acceptors (Lipinski definition) is 5. The smallest absolute Gasteiger partial charge is 0.338 e. The fourth-order valence-electron chi connectivity index (χ4n) is 2.23. The summed E-state index contributed by atoms with van der Waals surface area (Å²) in [6, 6.07) is 0. The maximum absolute atomic E-state index is 11.5. The number of allylic oxidation sites excluding steroid dienone is 7. The van der Waals surface area contributed by atoms with Gasteiger partial charge in [0.15, 0.2) is 0 Å². The Kier molecular flexibility index (Phi) is 6.57. The molecule has 0 bridgehead atoms. The third-order valence-corrected chi connectivity index (χ3v) is 3.68. The molecule has 2 rings (SSSR count). The Balaban J connectivity index is 1.82. The van der Waals surface area contributed by atoms with Gasteiger partial charge in [0.1, 0.15) is 18.1 Å². The first-order valence-electron chi connectivity index (χ1n) is 8.11. The second-order valence-corrected chi connectivity index (χ2v) is 5.81. The summed E-state index contributed by atoms with van der Waals surface area (Å²) in [6.45, 7) is 9.04. The van der Waals surface area contributed by atoms with E-state index in [-0.39, 0.29) is 0 Å². The zero-order valence-electron chi connectivity index (χ0n) is 14.4. The lowest BCUT2D eigenvalue weighted by Crippen LogP contribution is -2.09. The van der Waals surface area contributed by atoms with Gasteiger partial charge >= 0.3 is 11.9 Å². The quantitative estimate of drug-likeness (QED) is 0.516. The highest BCUT2D eigenvalue weighted by atomic mass is 16.5. The monoisotopic (exact) mass is 342 g/mol. The maximum atomic E-state index is 11.5. The van der Waals surface area contributed by atoms with Crippen LogP contribution in [0.25, 0.3) is 0 Å². The van der Waals surface area contributed by atoms with Gasteiger partial charge in [0.25, 0.3) is 0 Å². The van der Waals surface area contributed by atoms with E-state index in [1.807, 2.05) is 12.2 Å². The van der Waals surface area contributed by atoms with Crippen LogP contribution in [-0.2, 0) is 23.8 Å². The van der Waals surface area contributed by atoms with E-state index >= 15 is 0 Å². The third-order valence-electron chi connectivity index (χ3n) is 3.68. The second-order valence-electron chi connectivity index (χ2n) is 5.81. The third kappa shape index (κ3) is 5.95. The minimum absolute atomic E-state index is 0.384. The Hall–Kier alpha value is -2.82. The van der Waals surface area contributed by atoms with Gasteiger partial charge in [-0.25, -0.2) is 9.59 Å². The molecule has 0 saturated carbocycles. The molecule has 0 atom stereocenters. The van der Waals surface area contributed by atoms with Crippen molar-refractivity contribution in [3.63, 3.8) is 0 Å². The first-order valence-corrected chi connectivity index (χ1v) is 8.11. The van der Waals surface area contributed by atoms with Gasteiger partial charge in [-0.1, -0.05) is 19.2 Å². The Morgan fingerprint density at radius 2 is 1.60 bits per heavy atom. The number of rotatable bonds is 7. The maximum Gasteiger partial charge on any atom is 0.338 e. The molecule has 132 valence electrons. The van der Waals surface area contributed by atoms with Gasteiger partial charge in [0.2, 0.25) is 0 Å². The summed E-state index contributed by atoms with van der Waals surface area (Å²) in [5.74, 6) is 1.26. The van der Waals surface area contributed by atoms with Gasteiger partial charge in [-0.2, -0.15) is 0 Å². The molecule has 5 nitrogen and oxygen atoms in total. The highest BCUT2D eigenvalue weighted by Gasteiger charge is 2.14. The highest BCUT2D eigenvalue weighted by molar-refractivity contribution is 5.87. The molecule has 0 spiro atoms. The zero-order chi connectivity index (χ0) is 18.2. The van der Waals surface area contributed by atoms with Crippen molar-refractivity contribution in [3.05, 3.63) is 72.0 Å². The van der Waals surface area contributed by atoms with E-state index in [0.717, 1.165) is 23.8 Å². The van der Waals surface area contributed by atoms with Crippen molar-refractivity contribution in [1.29, 1.82) is 0 Å². The number of carbonyl (C=O) groups excluding carboxylic acids is 2. The van der Waals surface area contributed by atoms with Crippen molar-refractivity contribution >= 4 is 11.9 Å². The van der Waals surface area contributed by atoms with Gasteiger partial charge in [0, 0.05) is 30.9 Å². The molecule has 0 aliphatic heterocycles. The van der Waals surface area contributed by atoms with Crippen LogP contribution in [0.2, 0.25) is 0 Å². The average Bonchev–Trinajstić information content (AvgIpc) is 2.62. The molecule has 0 heterocycles. The van der Waals surface area contributed by atoms with E-state index in [1.165, 1.54) is 0 Å². The molecule has 0 aromatic carbocycles. The van der Waals surface area contributed by atoms with Crippen molar-refractivity contribution in [2.24, 2.45) is 0 Å². The highest BCUT2D eigenvalue weighted by Crippen LogP contribution is 2.24. The fraction of sp³-hybridized carbons (Fsp3) is 0.300. The lowest BCUT2D eigenvalue weighted by atomic mass is 10.0. The molecular formula is C20H22O5. The van der Waals surface area contributed by atoms with Crippen molar-refractivity contribution in [3.8, 4) is 0 Å². The van der Waals surface area contributed by atoms with Crippen LogP contribution in [0.1, 0.15) is 32.6 Å². The van der Waals surface area contributed by atoms with Crippen LogP contribution >= 0.6 is 0 Å². The molecule has 2 aliphatic rings. The van der Waals surface area contributed by atoms with Gasteiger partial charge < -0.3 is 14.2 Å². The lowest BCUT2D eigenvalue weighted by Gasteiger charge is -2.18. The van der Waals surface area contributed by atoms with Gasteiger partial charge in [0.05, 0.1) is 5.76 Å². The van der Waals surface area contributed by atoms with Crippen LogP contribution in [0.4, 0.5) is 0 Å². The van der Waals surface area contributed by atoms with Crippen molar-refractivity contribution in [2.45, 2.75) is 32.6 Å². The average molecular weight is 342 g/mol. The Morgan fingerprint density at radius 3 is 2.16 bits per heavy atom. The van der Waals surface area contributed by atoms with E-state index in [2.05, 4.69) is 13.2 Å². The molecule has 0 radical (unpaired) electrons. The predicted molar refractivity (Wildman–Crippen MR) is 93.9 cm³/mol. The van der Waals surface area contributed by atoms with Gasteiger partial charge in [-0.05, 0) is 37.1 Å². The predicted octanol–water partition coefficient (Wildman–Crippen LogP) is 4.02. The molecule has 25 heavy (non-hydrogen) atoms. The van der Waals surface area contributed by atoms with Crippen molar-refractivity contribution in [1.82, 2.24) is 0 Å². The van der Waals surface area contributed by atoms with Gasteiger partial charge in [-0.3, -0.25) is 0 Å². The topological polar surface area (TPSA) is 61.8 Å². The van der Waals surface area contributed by atoms with Crippen LogP contribution in [0.15, 0.2) is 72.0 Å². The first-order chi connectivity index (χ1) is 12.0. The molecule has 0 saturated heterocycles. The number of carbonyl (C=O) groups is 2. The van der Waals surface area contributed by atoms with Crippen molar-refractivity contribution < 1.29 is 23.8 Å². The Bertz CT molecular complexity index is 704. The zero-order valence-corrected chi connectivity index (χ0v) is 14.4. The van der Waals surface area contributed by atoms with Crippen LogP contribution < -0.4 is 0 Å². The molecule has 0 amide bonds. The summed E-state index contributed by atoms with van der Waals surface area (Å²) in [5.41, 5.74) is 1.51. The minimum Gasteiger partial charge on any atom is -0.494 e. The molecular weight excluding hydrogens is 320 g/mol. The summed E-state index contributed by atoms with van der Waals surface area (Å²) in [7, 11) is 0. The molecule has 0 aromatic heterocycles. The van der Waals surface area contributed by atoms with E-state index in [9.17, 15) is 9.59 Å². The van der Waals surface area contributed by atoms with E-state index in [0.29, 0.717) is 43.0 Å². The normalized spacial score (nSPS) is 16.5. The van der Waals surface area contributed by atoms with Gasteiger partial charge in [-0.15, -0.1) is 0 Å². The fourth-order valence-corrected chi connectivity index (χ4v) is 2.23. The standard InChI is InChI=1S/C20H22O5/c1-4-19(21)24-17-11-9-16(10-12-17)23-13-15-5-7-18(8-6-15)25-20(22)14(2)3/h4-5,7,9,11H,1-2,6,8,10,12-13H2,3H3. The number of esters is 2. The van der Waals surface area contributed by atoms with Crippen LogP contribution in [0, 0.1) is 0 Å². The van der Waals surface area contributed by atoms with E-state index < -0.39 is 11.9 Å².